The molecule has 4 nitrogen and oxygen atoms in total. The highest BCUT2D eigenvalue weighted by atomic mass is 32.2. The molecule has 0 bridgehead atoms. The van der Waals surface area contributed by atoms with Crippen molar-refractivity contribution in [2.45, 2.75) is 37.0 Å². The average molecular weight is 264 g/mol. The molecule has 0 fully saturated rings. The fourth-order valence-electron chi connectivity index (χ4n) is 1.54. The lowest BCUT2D eigenvalue weighted by Crippen LogP contribution is -2.04. The lowest BCUT2D eigenvalue weighted by molar-refractivity contribution is 0.181. The maximum absolute atomic E-state index is 9.22. The summed E-state index contributed by atoms with van der Waals surface area (Å²) < 4.78 is 5.05. The van der Waals surface area contributed by atoms with Crippen molar-refractivity contribution >= 4 is 11.8 Å². The van der Waals surface area contributed by atoms with Crippen molar-refractivity contribution in [1.29, 1.82) is 0 Å². The molecule has 1 aromatic heterocycles. The van der Waals surface area contributed by atoms with Gasteiger partial charge in [-0.15, -0.1) is 11.8 Å². The molecule has 0 aliphatic carbocycles. The molecule has 18 heavy (non-hydrogen) atoms. The number of aryl methyl sites for hydroxylation is 1. The van der Waals surface area contributed by atoms with Crippen molar-refractivity contribution < 1.29 is 9.63 Å². The van der Waals surface area contributed by atoms with Crippen molar-refractivity contribution in [3.8, 4) is 0 Å². The standard InChI is InChI=1S/C13H16N2O2S/c1-9-4-3-5-11(6-9)18-8-12-14-13(17-15-12)7-10(2)16/h3-6,10,16H,7-8H2,1-2H3. The number of hydrogen-bond acceptors (Lipinski definition) is 5. The smallest absolute Gasteiger partial charge is 0.229 e. The number of thioether (sulfide) groups is 1. The van der Waals surface area contributed by atoms with Gasteiger partial charge in [0.15, 0.2) is 5.82 Å². The number of nitrogens with zero attached hydrogens (tertiary/aromatic N) is 2. The van der Waals surface area contributed by atoms with Crippen LogP contribution in [0, 0.1) is 6.92 Å². The molecule has 1 N–H and O–H groups in total. The highest BCUT2D eigenvalue weighted by Gasteiger charge is 2.09. The average Bonchev–Trinajstić information content (AvgIpc) is 2.73. The zero-order chi connectivity index (χ0) is 13.0. The first-order valence-corrected chi connectivity index (χ1v) is 6.81. The Morgan fingerprint density at radius 3 is 3.00 bits per heavy atom. The fraction of sp³-hybridized carbons (Fsp3) is 0.385. The number of hydrogen-bond donors (Lipinski definition) is 1. The molecule has 1 unspecified atom stereocenters. The summed E-state index contributed by atoms with van der Waals surface area (Å²) >= 11 is 1.67. The van der Waals surface area contributed by atoms with Crippen molar-refractivity contribution in [1.82, 2.24) is 10.1 Å². The third-order valence-corrected chi connectivity index (χ3v) is 3.33. The molecule has 0 aliphatic heterocycles. The highest BCUT2D eigenvalue weighted by Crippen LogP contribution is 2.22. The summed E-state index contributed by atoms with van der Waals surface area (Å²) in [6, 6.07) is 8.29. The lowest BCUT2D eigenvalue weighted by Gasteiger charge is -1.99. The van der Waals surface area contributed by atoms with E-state index in [-0.39, 0.29) is 0 Å². The van der Waals surface area contributed by atoms with Crippen LogP contribution in [0.15, 0.2) is 33.7 Å². The van der Waals surface area contributed by atoms with Gasteiger partial charge < -0.3 is 9.63 Å². The molecule has 0 saturated carbocycles. The van der Waals surface area contributed by atoms with Gasteiger partial charge in [0.2, 0.25) is 5.89 Å². The molecule has 0 aliphatic rings. The van der Waals surface area contributed by atoms with Crippen molar-refractivity contribution in [2.24, 2.45) is 0 Å². The number of benzene rings is 1. The summed E-state index contributed by atoms with van der Waals surface area (Å²) in [5, 5.41) is 13.1. The minimum Gasteiger partial charge on any atom is -0.393 e. The summed E-state index contributed by atoms with van der Waals surface area (Å²) in [6.45, 7) is 3.77. The zero-order valence-electron chi connectivity index (χ0n) is 10.5. The Labute approximate surface area is 110 Å². The number of aliphatic hydroxyl groups excluding tert-OH is 1. The van der Waals surface area contributed by atoms with Gasteiger partial charge in [-0.25, -0.2) is 0 Å². The summed E-state index contributed by atoms with van der Waals surface area (Å²) in [5.74, 6) is 1.83. The second kappa shape index (κ2) is 6.02. The first-order chi connectivity index (χ1) is 8.63. The van der Waals surface area contributed by atoms with Crippen LogP contribution >= 0.6 is 11.8 Å². The number of rotatable bonds is 5. The van der Waals surface area contributed by atoms with Gasteiger partial charge in [0, 0.05) is 4.90 Å². The van der Waals surface area contributed by atoms with Crippen LogP contribution in [0.4, 0.5) is 0 Å². The Morgan fingerprint density at radius 2 is 2.28 bits per heavy atom. The zero-order valence-corrected chi connectivity index (χ0v) is 11.3. The van der Waals surface area contributed by atoms with Crippen molar-refractivity contribution in [3.05, 3.63) is 41.5 Å². The van der Waals surface area contributed by atoms with E-state index in [0.717, 1.165) is 0 Å². The molecule has 0 spiro atoms. The van der Waals surface area contributed by atoms with Gasteiger partial charge >= 0.3 is 0 Å². The molecule has 0 radical (unpaired) electrons. The van der Waals surface area contributed by atoms with Gasteiger partial charge in [-0.3, -0.25) is 0 Å². The quantitative estimate of drug-likeness (QED) is 0.841. The molecule has 2 rings (SSSR count). The van der Waals surface area contributed by atoms with Crippen molar-refractivity contribution in [3.63, 3.8) is 0 Å². The molecular weight excluding hydrogens is 248 g/mol. The molecule has 1 aromatic carbocycles. The van der Waals surface area contributed by atoms with Crippen LogP contribution in [0.5, 0.6) is 0 Å². The van der Waals surface area contributed by atoms with Crippen LogP contribution in [0.25, 0.3) is 0 Å². The maximum Gasteiger partial charge on any atom is 0.229 e. The molecular formula is C13H16N2O2S. The Morgan fingerprint density at radius 1 is 1.44 bits per heavy atom. The lowest BCUT2D eigenvalue weighted by atomic mass is 10.2. The third kappa shape index (κ3) is 3.85. The van der Waals surface area contributed by atoms with E-state index >= 15 is 0 Å². The van der Waals surface area contributed by atoms with E-state index in [1.165, 1.54) is 10.5 Å². The Hall–Kier alpha value is -1.33. The molecule has 1 heterocycles. The fourth-order valence-corrected chi connectivity index (χ4v) is 2.39. The molecule has 0 saturated heterocycles. The van der Waals surface area contributed by atoms with E-state index < -0.39 is 6.10 Å². The second-order valence-corrected chi connectivity index (χ2v) is 5.31. The largest absolute Gasteiger partial charge is 0.393 e. The summed E-state index contributed by atoms with van der Waals surface area (Å²) in [6.07, 6.45) is -0.0509. The maximum atomic E-state index is 9.22. The third-order valence-electron chi connectivity index (χ3n) is 2.34. The van der Waals surface area contributed by atoms with Gasteiger partial charge in [-0.05, 0) is 26.0 Å². The van der Waals surface area contributed by atoms with Crippen LogP contribution < -0.4 is 0 Å². The normalized spacial score (nSPS) is 12.6. The summed E-state index contributed by atoms with van der Waals surface area (Å²) in [7, 11) is 0. The predicted octanol–water partition coefficient (Wildman–Crippen LogP) is 2.59. The topological polar surface area (TPSA) is 59.2 Å². The minimum atomic E-state index is -0.456. The van der Waals surface area contributed by atoms with Gasteiger partial charge in [0.05, 0.1) is 18.3 Å². The monoisotopic (exact) mass is 264 g/mol. The molecule has 0 amide bonds. The van der Waals surface area contributed by atoms with Crippen LogP contribution in [0.2, 0.25) is 0 Å². The van der Waals surface area contributed by atoms with E-state index in [0.29, 0.717) is 23.9 Å². The molecule has 1 atom stereocenters. The SMILES string of the molecule is Cc1cccc(SCc2noc(CC(C)O)n2)c1. The van der Waals surface area contributed by atoms with E-state index in [1.54, 1.807) is 18.7 Å². The van der Waals surface area contributed by atoms with Crippen LogP contribution in [0.1, 0.15) is 24.2 Å². The summed E-state index contributed by atoms with van der Waals surface area (Å²) in [4.78, 5) is 5.42. The van der Waals surface area contributed by atoms with Gasteiger partial charge in [0.25, 0.3) is 0 Å². The summed E-state index contributed by atoms with van der Waals surface area (Å²) in [5.41, 5.74) is 1.24. The van der Waals surface area contributed by atoms with E-state index in [1.807, 2.05) is 6.07 Å². The molecule has 96 valence electrons. The Balaban J connectivity index is 1.92. The minimum absolute atomic E-state index is 0.405. The Kier molecular flexibility index (Phi) is 4.38. The first kappa shape index (κ1) is 13.1. The van der Waals surface area contributed by atoms with Crippen LogP contribution in [-0.4, -0.2) is 21.4 Å². The number of aliphatic hydroxyl groups is 1. The predicted molar refractivity (Wildman–Crippen MR) is 70.4 cm³/mol. The first-order valence-electron chi connectivity index (χ1n) is 5.82. The van der Waals surface area contributed by atoms with E-state index in [9.17, 15) is 5.11 Å². The second-order valence-electron chi connectivity index (χ2n) is 4.26. The highest BCUT2D eigenvalue weighted by molar-refractivity contribution is 7.98. The van der Waals surface area contributed by atoms with Crippen LogP contribution in [0.3, 0.4) is 0 Å². The molecule has 5 heteroatoms. The van der Waals surface area contributed by atoms with Gasteiger partial charge in [-0.2, -0.15) is 4.98 Å². The van der Waals surface area contributed by atoms with Gasteiger partial charge in [-0.1, -0.05) is 22.9 Å². The van der Waals surface area contributed by atoms with Crippen molar-refractivity contribution in [2.75, 3.05) is 0 Å². The van der Waals surface area contributed by atoms with E-state index in [2.05, 4.69) is 35.3 Å². The molecule has 2 aromatic rings. The number of aromatic nitrogens is 2. The van der Waals surface area contributed by atoms with E-state index in [4.69, 9.17) is 4.52 Å². The van der Waals surface area contributed by atoms with Gasteiger partial charge in [0.1, 0.15) is 0 Å². The van der Waals surface area contributed by atoms with Crippen LogP contribution in [-0.2, 0) is 12.2 Å². The Bertz CT molecular complexity index is 511.